The highest BCUT2D eigenvalue weighted by Crippen LogP contribution is 2.20. The normalized spacial score (nSPS) is 15.9. The van der Waals surface area contributed by atoms with Crippen LogP contribution in [-0.4, -0.2) is 167 Å². The van der Waals surface area contributed by atoms with E-state index in [0.717, 1.165) is 11.8 Å². The van der Waals surface area contributed by atoms with Crippen LogP contribution in [0.15, 0.2) is 12.7 Å². The highest BCUT2D eigenvalue weighted by Gasteiger charge is 2.43. The lowest BCUT2D eigenvalue weighted by atomic mass is 9.97. The van der Waals surface area contributed by atoms with Crippen LogP contribution >= 0.6 is 0 Å². The minimum Gasteiger partial charge on any atom is -0.460 e. The van der Waals surface area contributed by atoms with Gasteiger partial charge < -0.3 is 60.6 Å². The summed E-state index contributed by atoms with van der Waals surface area (Å²) in [5.74, 6) is -10.8. The van der Waals surface area contributed by atoms with Crippen molar-refractivity contribution >= 4 is 71.1 Å². The van der Waals surface area contributed by atoms with Gasteiger partial charge in [0.05, 0.1) is 12.6 Å². The minimum atomic E-state index is -1.51. The van der Waals surface area contributed by atoms with Crippen molar-refractivity contribution in [3.05, 3.63) is 12.7 Å². The molecule has 1 saturated heterocycles. The number of ether oxygens (including phenoxy) is 4. The van der Waals surface area contributed by atoms with E-state index >= 15 is 0 Å². The van der Waals surface area contributed by atoms with Crippen LogP contribution in [0.5, 0.6) is 0 Å². The van der Waals surface area contributed by atoms with E-state index in [9.17, 15) is 57.5 Å². The summed E-state index contributed by atoms with van der Waals surface area (Å²) >= 11 is 0. The summed E-state index contributed by atoms with van der Waals surface area (Å²) in [5, 5.41) is 15.1. The van der Waals surface area contributed by atoms with Gasteiger partial charge in [-0.3, -0.25) is 52.7 Å². The van der Waals surface area contributed by atoms with Crippen LogP contribution in [0.1, 0.15) is 142 Å². The maximum Gasteiger partial charge on any atom is 0.410 e. The summed E-state index contributed by atoms with van der Waals surface area (Å²) in [5.41, 5.74) is -2.66. The quantitative estimate of drug-likeness (QED) is 0.0311. The Kier molecular flexibility index (Phi) is 26.6. The molecule has 1 aliphatic heterocycles. The average Bonchev–Trinajstić information content (AvgIpc) is 3.27. The number of piperazine rings is 1. The lowest BCUT2D eigenvalue weighted by Gasteiger charge is -2.42. The van der Waals surface area contributed by atoms with Crippen molar-refractivity contribution in [1.82, 2.24) is 41.7 Å². The molecule has 1 heterocycles. The number of ketones is 1. The molecule has 6 atom stereocenters. The van der Waals surface area contributed by atoms with Gasteiger partial charge >= 0.3 is 24.0 Å². The zero-order valence-electron chi connectivity index (χ0n) is 46.6. The first-order valence-electron chi connectivity index (χ1n) is 25.3. The monoisotopic (exact) mass is 1060 g/mol. The highest BCUT2D eigenvalue weighted by molar-refractivity contribution is 6.38. The zero-order chi connectivity index (χ0) is 57.8. The summed E-state index contributed by atoms with van der Waals surface area (Å²) in [4.78, 5) is 163. The maximum atomic E-state index is 14.7. The smallest absolute Gasteiger partial charge is 0.410 e. The molecule has 0 aliphatic carbocycles. The number of carbonyl (C=O) groups excluding carboxylic acids is 12. The Morgan fingerprint density at radius 3 is 1.57 bits per heavy atom. The number of nitrogens with zero attached hydrogens (tertiary/aromatic N) is 2. The van der Waals surface area contributed by atoms with E-state index in [1.807, 2.05) is 0 Å². The second kappa shape index (κ2) is 30.1. The molecule has 0 aromatic carbocycles. The van der Waals surface area contributed by atoms with E-state index in [1.165, 1.54) is 11.0 Å². The van der Waals surface area contributed by atoms with E-state index in [1.54, 1.807) is 96.9 Å². The predicted octanol–water partition coefficient (Wildman–Crippen LogP) is 1.65. The van der Waals surface area contributed by atoms with Crippen LogP contribution in [0.2, 0.25) is 0 Å². The van der Waals surface area contributed by atoms with Gasteiger partial charge in [0, 0.05) is 32.9 Å². The van der Waals surface area contributed by atoms with Crippen molar-refractivity contribution in [3.63, 3.8) is 0 Å². The molecule has 1 fully saturated rings. The van der Waals surface area contributed by atoms with Crippen LogP contribution in [0.3, 0.4) is 0 Å². The van der Waals surface area contributed by atoms with Crippen molar-refractivity contribution in [2.45, 2.75) is 195 Å². The number of hydrogen-bond donors (Lipinski definition) is 6. The van der Waals surface area contributed by atoms with E-state index in [4.69, 9.17) is 18.9 Å². The summed E-state index contributed by atoms with van der Waals surface area (Å²) < 4.78 is 21.1. The number of esters is 3. The minimum absolute atomic E-state index is 0.0299. The third-order valence-corrected chi connectivity index (χ3v) is 10.7. The van der Waals surface area contributed by atoms with Crippen LogP contribution < -0.4 is 31.9 Å². The molecule has 0 radical (unpaired) electrons. The van der Waals surface area contributed by atoms with Gasteiger partial charge in [0.2, 0.25) is 41.2 Å². The van der Waals surface area contributed by atoms with E-state index in [0.29, 0.717) is 6.42 Å². The fourth-order valence-corrected chi connectivity index (χ4v) is 7.28. The van der Waals surface area contributed by atoms with Crippen LogP contribution in [0.25, 0.3) is 0 Å². The molecular weight excluding hydrogens is 981 g/mol. The van der Waals surface area contributed by atoms with Gasteiger partial charge in [-0.25, -0.2) is 4.79 Å². The third-order valence-electron chi connectivity index (χ3n) is 10.7. The van der Waals surface area contributed by atoms with Gasteiger partial charge in [-0.15, -0.1) is 0 Å². The predicted molar refractivity (Wildman–Crippen MR) is 273 cm³/mol. The highest BCUT2D eigenvalue weighted by atomic mass is 16.6. The number of rotatable bonds is 26. The first-order valence-corrected chi connectivity index (χ1v) is 25.3. The fraction of sp³-hybridized carbons (Fsp3) is 0.725. The molecule has 6 N–H and O–H groups in total. The Morgan fingerprint density at radius 2 is 1.11 bits per heavy atom. The molecule has 424 valence electrons. The average molecular weight is 1070 g/mol. The Balaban J connectivity index is 3.62. The zero-order valence-corrected chi connectivity index (χ0v) is 46.6. The van der Waals surface area contributed by atoms with Crippen molar-refractivity contribution in [2.24, 2.45) is 11.8 Å². The number of nitrogens with one attached hydrogen (secondary N) is 6. The second-order valence-electron chi connectivity index (χ2n) is 21.9. The van der Waals surface area contributed by atoms with Gasteiger partial charge in [-0.1, -0.05) is 53.7 Å². The molecule has 1 aliphatic rings. The van der Waals surface area contributed by atoms with Gasteiger partial charge in [0.25, 0.3) is 5.91 Å². The molecular formula is C51H84N8O16. The van der Waals surface area contributed by atoms with E-state index in [-0.39, 0.29) is 51.8 Å². The van der Waals surface area contributed by atoms with Crippen molar-refractivity contribution < 1.29 is 76.5 Å². The van der Waals surface area contributed by atoms with E-state index in [2.05, 4.69) is 38.5 Å². The summed E-state index contributed by atoms with van der Waals surface area (Å²) in [6.45, 7) is 26.0. The van der Waals surface area contributed by atoms with Crippen molar-refractivity contribution in [3.8, 4) is 0 Å². The Hall–Kier alpha value is -6.62. The van der Waals surface area contributed by atoms with Gasteiger partial charge in [0.15, 0.2) is 0 Å². The molecule has 0 spiro atoms. The number of hydrogen-bond acceptors (Lipinski definition) is 16. The lowest BCUT2D eigenvalue weighted by Crippen LogP contribution is -2.67. The summed E-state index contributed by atoms with van der Waals surface area (Å²) in [7, 11) is 0. The molecule has 0 saturated carbocycles. The standard InChI is InChI=1S/C51H84N8O16/c1-17-19-32(41(64)46(69)52-27-38(63)72-26-18-2)54-44(67)35-28-58(48(71)75-51(14,15)16)24-25-59(35)47(70)40(30(5)6)57-45(68)39(29(3)4)56-43(66)34(21-23-37(62)74-50(11,12)13)55-42(65)33(53-31(7)60)20-22-36(61)73-49(8,9)10/h18,29-30,32-35,39-40H,2,17,19-28H2,1,3-16H3,(H,52,69)(H,53,60)(H,54,67)(H,55,65)(H,56,66)(H,57,68)/t32?,33-,34-,35?,39-,40-/m0/s1. The Bertz CT molecular complexity index is 2070. The largest absolute Gasteiger partial charge is 0.460 e. The van der Waals surface area contributed by atoms with Crippen LogP contribution in [0.4, 0.5) is 4.79 Å². The van der Waals surface area contributed by atoms with Crippen molar-refractivity contribution in [2.75, 3.05) is 32.8 Å². The van der Waals surface area contributed by atoms with Gasteiger partial charge in [0.1, 0.15) is 60.2 Å². The molecule has 2 unspecified atom stereocenters. The van der Waals surface area contributed by atoms with Crippen molar-refractivity contribution in [1.29, 1.82) is 0 Å². The molecule has 0 aromatic heterocycles. The number of amides is 8. The maximum absolute atomic E-state index is 14.7. The molecule has 8 amide bonds. The Labute approximate surface area is 441 Å². The molecule has 24 heteroatoms. The first-order chi connectivity index (χ1) is 34.5. The second-order valence-corrected chi connectivity index (χ2v) is 21.9. The fourth-order valence-electron chi connectivity index (χ4n) is 7.28. The van der Waals surface area contributed by atoms with Crippen LogP contribution in [-0.2, 0) is 71.7 Å². The molecule has 24 nitrogen and oxygen atoms in total. The Morgan fingerprint density at radius 1 is 0.613 bits per heavy atom. The molecule has 75 heavy (non-hydrogen) atoms. The summed E-state index contributed by atoms with van der Waals surface area (Å²) in [6.07, 6.45) is -0.405. The SMILES string of the molecule is C=CCOC(=O)CNC(=O)C(=O)C(CCC)NC(=O)C1CN(C(=O)OC(C)(C)C)CCN1C(=O)[C@@H](NC(=O)[C@@H](NC(=O)[C@H](CCC(=O)OC(C)(C)C)NC(=O)[C@H](CCC(=O)OC(C)(C)C)NC(C)=O)C(C)C)C(C)C. The topological polar surface area (TPSA) is 320 Å². The van der Waals surface area contributed by atoms with Gasteiger partial charge in [-0.2, -0.15) is 0 Å². The molecule has 1 rings (SSSR count). The molecule has 0 bridgehead atoms. The third kappa shape index (κ3) is 25.0. The summed E-state index contributed by atoms with van der Waals surface area (Å²) in [6, 6.07) is -8.51. The lowest BCUT2D eigenvalue weighted by molar-refractivity contribution is -0.156. The number of carbonyl (C=O) groups is 12. The van der Waals surface area contributed by atoms with Crippen LogP contribution in [0, 0.1) is 11.8 Å². The first kappa shape index (κ1) is 66.4. The van der Waals surface area contributed by atoms with E-state index < -0.39 is 149 Å². The van der Waals surface area contributed by atoms with Gasteiger partial charge in [-0.05, 0) is 93.4 Å². The molecule has 0 aromatic rings. The number of Topliss-reactive ketones (excluding diaryl/α,β-unsaturated/α-hetero) is 1.